The van der Waals surface area contributed by atoms with Crippen molar-refractivity contribution >= 4 is 33.3 Å². The van der Waals surface area contributed by atoms with Crippen molar-refractivity contribution < 1.29 is 17.9 Å². The van der Waals surface area contributed by atoms with Gasteiger partial charge < -0.3 is 10.1 Å². The smallest absolute Gasteiger partial charge is 0.269 e. The van der Waals surface area contributed by atoms with Crippen LogP contribution in [-0.4, -0.2) is 70.2 Å². The van der Waals surface area contributed by atoms with Gasteiger partial charge in [-0.3, -0.25) is 15.2 Å². The van der Waals surface area contributed by atoms with Gasteiger partial charge in [-0.1, -0.05) is 6.07 Å². The quantitative estimate of drug-likeness (QED) is 0.397. The number of rotatable bonds is 7. The molecule has 25 heavy (non-hydrogen) atoms. The topological polar surface area (TPSA) is 91.0 Å². The molecule has 0 aliphatic carbocycles. The Bertz CT molecular complexity index is 707. The number of carbonyl (C=O) groups excluding carboxylic acids is 1. The minimum atomic E-state index is -3.61. The monoisotopic (exact) mass is 388 g/mol. The van der Waals surface area contributed by atoms with Crippen LogP contribution < -0.4 is 10.7 Å². The molecule has 140 valence electrons. The van der Waals surface area contributed by atoms with Gasteiger partial charge in [0.2, 0.25) is 10.0 Å². The molecule has 0 unspecified atom stereocenters. The second-order valence-corrected chi connectivity index (χ2v) is 7.93. The summed E-state index contributed by atoms with van der Waals surface area (Å²) < 4.78 is 30.3. The summed E-state index contributed by atoms with van der Waals surface area (Å²) in [7, 11) is 2.48. The van der Waals surface area contributed by atoms with Gasteiger partial charge in [-0.2, -0.15) is 0 Å². The average molecular weight is 389 g/mol. The molecule has 1 aromatic carbocycles. The maximum Gasteiger partial charge on any atom is 0.269 e. The molecule has 0 atom stereocenters. The number of sulfonamides is 1. The maximum absolute atomic E-state index is 12.3. The molecule has 0 heterocycles. The van der Waals surface area contributed by atoms with Gasteiger partial charge in [-0.25, -0.2) is 12.7 Å². The fraction of sp³-hybridized carbons (Fsp3) is 0.467. The summed E-state index contributed by atoms with van der Waals surface area (Å²) in [5, 5.41) is 4.71. The number of hydrazine groups is 1. The van der Waals surface area contributed by atoms with E-state index in [1.54, 1.807) is 14.2 Å². The van der Waals surface area contributed by atoms with Crippen LogP contribution >= 0.6 is 12.2 Å². The zero-order valence-electron chi connectivity index (χ0n) is 14.8. The van der Waals surface area contributed by atoms with E-state index >= 15 is 0 Å². The van der Waals surface area contributed by atoms with Crippen LogP contribution in [0.1, 0.15) is 16.8 Å². The molecule has 0 aromatic heterocycles. The van der Waals surface area contributed by atoms with Crippen molar-refractivity contribution in [2.75, 3.05) is 41.4 Å². The Kier molecular flexibility index (Phi) is 8.23. The Morgan fingerprint density at radius 2 is 1.96 bits per heavy atom. The van der Waals surface area contributed by atoms with E-state index in [9.17, 15) is 13.2 Å². The Morgan fingerprint density at radius 1 is 1.28 bits per heavy atom. The zero-order chi connectivity index (χ0) is 19.0. The molecule has 1 aromatic rings. The number of nitrogens with one attached hydrogen (secondary N) is 2. The molecule has 0 fully saturated rings. The second-order valence-electron chi connectivity index (χ2n) is 5.39. The van der Waals surface area contributed by atoms with Gasteiger partial charge >= 0.3 is 0 Å². The fourth-order valence-electron chi connectivity index (χ4n) is 1.81. The van der Waals surface area contributed by atoms with Crippen LogP contribution in [0.5, 0.6) is 0 Å². The first-order valence-corrected chi connectivity index (χ1v) is 9.39. The summed E-state index contributed by atoms with van der Waals surface area (Å²) in [6.45, 7) is 1.22. The molecule has 1 rings (SSSR count). The molecule has 10 heteroatoms. The highest BCUT2D eigenvalue weighted by Gasteiger charge is 2.19. The van der Waals surface area contributed by atoms with Crippen LogP contribution in [0.4, 0.5) is 0 Å². The van der Waals surface area contributed by atoms with E-state index in [1.165, 1.54) is 43.4 Å². The number of methoxy groups -OCH3 is 1. The first-order chi connectivity index (χ1) is 11.7. The van der Waals surface area contributed by atoms with Crippen LogP contribution in [0.2, 0.25) is 0 Å². The van der Waals surface area contributed by atoms with Crippen molar-refractivity contribution in [3.63, 3.8) is 0 Å². The number of hydrogen-bond donors (Lipinski definition) is 2. The van der Waals surface area contributed by atoms with Crippen molar-refractivity contribution in [1.29, 1.82) is 0 Å². The highest BCUT2D eigenvalue weighted by molar-refractivity contribution is 7.89. The molecule has 0 radical (unpaired) electrons. The molecule has 1 amide bonds. The van der Waals surface area contributed by atoms with Gasteiger partial charge in [0.1, 0.15) is 0 Å². The van der Waals surface area contributed by atoms with Crippen molar-refractivity contribution in [3.05, 3.63) is 29.8 Å². The number of thiocarbonyl (C=S) groups is 1. The Labute approximate surface area is 154 Å². The molecule has 2 N–H and O–H groups in total. The lowest BCUT2D eigenvalue weighted by atomic mass is 10.2. The van der Waals surface area contributed by atoms with Crippen LogP contribution in [0.25, 0.3) is 0 Å². The molecule has 0 spiro atoms. The van der Waals surface area contributed by atoms with Gasteiger partial charge in [0.25, 0.3) is 5.91 Å². The van der Waals surface area contributed by atoms with Crippen molar-refractivity contribution in [2.45, 2.75) is 11.3 Å². The lowest BCUT2D eigenvalue weighted by Crippen LogP contribution is -2.48. The summed E-state index contributed by atoms with van der Waals surface area (Å²) in [6.07, 6.45) is 0.781. The Balaban J connectivity index is 2.73. The SMILES string of the molecule is COCCCNC(=S)N(C)NC(=O)c1cccc(S(=O)(=O)N(C)C)c1. The lowest BCUT2D eigenvalue weighted by molar-refractivity contribution is 0.0886. The third-order valence-electron chi connectivity index (χ3n) is 3.25. The largest absolute Gasteiger partial charge is 0.385 e. The number of hydrogen-bond acceptors (Lipinski definition) is 5. The summed E-state index contributed by atoms with van der Waals surface area (Å²) in [5.74, 6) is -0.459. The number of nitrogens with zero attached hydrogens (tertiary/aromatic N) is 2. The molecule has 0 saturated carbocycles. The predicted molar refractivity (Wildman–Crippen MR) is 99.6 cm³/mol. The van der Waals surface area contributed by atoms with Gasteiger partial charge in [-0.05, 0) is 36.8 Å². The van der Waals surface area contributed by atoms with Crippen molar-refractivity contribution in [3.8, 4) is 0 Å². The zero-order valence-corrected chi connectivity index (χ0v) is 16.4. The number of ether oxygens (including phenoxy) is 1. The molecular weight excluding hydrogens is 364 g/mol. The number of carbonyl (C=O) groups is 1. The summed E-state index contributed by atoms with van der Waals surface area (Å²) in [6, 6.07) is 5.82. The minimum Gasteiger partial charge on any atom is -0.385 e. The van der Waals surface area contributed by atoms with Crippen molar-refractivity contribution in [2.24, 2.45) is 0 Å². The molecule has 0 aliphatic rings. The summed E-state index contributed by atoms with van der Waals surface area (Å²) in [4.78, 5) is 12.4. The predicted octanol–water partition coefficient (Wildman–Crippen LogP) is 0.425. The van der Waals surface area contributed by atoms with E-state index in [1.807, 2.05) is 0 Å². The number of benzene rings is 1. The van der Waals surface area contributed by atoms with E-state index in [0.717, 1.165) is 10.7 Å². The molecule has 0 aliphatic heterocycles. The molecule has 8 nitrogen and oxygen atoms in total. The van der Waals surface area contributed by atoms with Crippen LogP contribution in [0.3, 0.4) is 0 Å². The molecular formula is C15H24N4O4S2. The first kappa shape index (κ1) is 21.3. The first-order valence-electron chi connectivity index (χ1n) is 7.54. The van der Waals surface area contributed by atoms with E-state index in [-0.39, 0.29) is 10.5 Å². The highest BCUT2D eigenvalue weighted by atomic mass is 32.2. The third kappa shape index (κ3) is 6.24. The van der Waals surface area contributed by atoms with Gasteiger partial charge in [0.05, 0.1) is 4.90 Å². The minimum absolute atomic E-state index is 0.0491. The second kappa shape index (κ2) is 9.66. The molecule has 0 bridgehead atoms. The Morgan fingerprint density at radius 3 is 2.56 bits per heavy atom. The standard InChI is InChI=1S/C15H24N4O4S2/c1-18(2)25(21,22)13-8-5-7-12(11-13)14(20)17-19(3)15(24)16-9-6-10-23-4/h5,7-8,11H,6,9-10H2,1-4H3,(H,16,24)(H,17,20). The average Bonchev–Trinajstić information content (AvgIpc) is 2.58. The summed E-state index contributed by atoms with van der Waals surface area (Å²) in [5.41, 5.74) is 2.82. The Hall–Kier alpha value is -1.75. The third-order valence-corrected chi connectivity index (χ3v) is 5.48. The van der Waals surface area contributed by atoms with E-state index in [2.05, 4.69) is 10.7 Å². The summed E-state index contributed by atoms with van der Waals surface area (Å²) >= 11 is 5.17. The van der Waals surface area contributed by atoms with Crippen LogP contribution in [-0.2, 0) is 14.8 Å². The van der Waals surface area contributed by atoms with Gasteiger partial charge in [-0.15, -0.1) is 0 Å². The lowest BCUT2D eigenvalue weighted by Gasteiger charge is -2.22. The van der Waals surface area contributed by atoms with E-state index < -0.39 is 15.9 Å². The number of amides is 1. The van der Waals surface area contributed by atoms with Gasteiger partial charge in [0.15, 0.2) is 5.11 Å². The van der Waals surface area contributed by atoms with Crippen molar-refractivity contribution in [1.82, 2.24) is 20.1 Å². The molecule has 0 saturated heterocycles. The fourth-order valence-corrected chi connectivity index (χ4v) is 2.90. The van der Waals surface area contributed by atoms with Crippen LogP contribution in [0, 0.1) is 0 Å². The van der Waals surface area contributed by atoms with Gasteiger partial charge in [0, 0.05) is 47.0 Å². The van der Waals surface area contributed by atoms with Crippen LogP contribution in [0.15, 0.2) is 29.2 Å². The normalized spacial score (nSPS) is 11.2. The maximum atomic E-state index is 12.3. The van der Waals surface area contributed by atoms with E-state index in [0.29, 0.717) is 18.3 Å². The highest BCUT2D eigenvalue weighted by Crippen LogP contribution is 2.14. The van der Waals surface area contributed by atoms with E-state index in [4.69, 9.17) is 17.0 Å².